The minimum absolute atomic E-state index is 0. The third kappa shape index (κ3) is 6.04. The predicted molar refractivity (Wildman–Crippen MR) is 90.1 cm³/mol. The Morgan fingerprint density at radius 1 is 1.44 bits per heavy atom. The largest absolute Gasteiger partial charge is 0.357 e. The van der Waals surface area contributed by atoms with Crippen LogP contribution in [0.2, 0.25) is 0 Å². The van der Waals surface area contributed by atoms with Crippen LogP contribution in [0.4, 0.5) is 0 Å². The highest BCUT2D eigenvalue weighted by molar-refractivity contribution is 14.0. The van der Waals surface area contributed by atoms with Crippen LogP contribution in [-0.4, -0.2) is 25.6 Å². The Hall–Kier alpha value is -0.300. The zero-order valence-electron chi connectivity index (χ0n) is 10.8. The van der Waals surface area contributed by atoms with Gasteiger partial charge in [-0.3, -0.25) is 4.99 Å². The summed E-state index contributed by atoms with van der Waals surface area (Å²) in [4.78, 5) is 6.02. The number of thiophene rings is 1. The summed E-state index contributed by atoms with van der Waals surface area (Å²) >= 11 is 1.82. The van der Waals surface area contributed by atoms with Crippen LogP contribution in [0.15, 0.2) is 22.5 Å². The van der Waals surface area contributed by atoms with E-state index in [1.807, 2.05) is 11.3 Å². The topological polar surface area (TPSA) is 36.4 Å². The summed E-state index contributed by atoms with van der Waals surface area (Å²) in [5.41, 5.74) is 0. The third-order valence-electron chi connectivity index (χ3n) is 2.79. The van der Waals surface area contributed by atoms with Crippen molar-refractivity contribution in [2.45, 2.75) is 26.2 Å². The van der Waals surface area contributed by atoms with Crippen LogP contribution in [0.3, 0.4) is 0 Å². The molecule has 0 aromatic carbocycles. The van der Waals surface area contributed by atoms with Crippen molar-refractivity contribution in [1.82, 2.24) is 10.6 Å². The first-order chi connectivity index (χ1) is 8.38. The number of nitrogens with one attached hydrogen (secondary N) is 2. The maximum atomic E-state index is 4.59. The second kappa shape index (κ2) is 8.74. The molecule has 1 aliphatic carbocycles. The standard InChI is InChI=1S/C13H21N3S.HI/c1-2-14-13(16-10-11-5-6-11)15-8-7-12-4-3-9-17-12;/h3-4,9,11H,2,5-8,10H2,1H3,(H2,14,15,16);1H. The van der Waals surface area contributed by atoms with E-state index < -0.39 is 0 Å². The first-order valence-corrected chi connectivity index (χ1v) is 7.31. The van der Waals surface area contributed by atoms with Crippen molar-refractivity contribution in [2.75, 3.05) is 19.6 Å². The fraction of sp³-hybridized carbons (Fsp3) is 0.615. The van der Waals surface area contributed by atoms with Crippen LogP contribution in [-0.2, 0) is 6.42 Å². The summed E-state index contributed by atoms with van der Waals surface area (Å²) < 4.78 is 0. The highest BCUT2D eigenvalue weighted by atomic mass is 127. The molecule has 0 radical (unpaired) electrons. The molecule has 0 spiro atoms. The lowest BCUT2D eigenvalue weighted by molar-refractivity contribution is 0.779. The van der Waals surface area contributed by atoms with Gasteiger partial charge in [-0.25, -0.2) is 0 Å². The van der Waals surface area contributed by atoms with Gasteiger partial charge in [-0.05, 0) is 43.6 Å². The van der Waals surface area contributed by atoms with Gasteiger partial charge in [-0.1, -0.05) is 6.07 Å². The van der Waals surface area contributed by atoms with Gasteiger partial charge in [0.2, 0.25) is 0 Å². The molecule has 2 rings (SSSR count). The van der Waals surface area contributed by atoms with E-state index in [0.717, 1.165) is 37.9 Å². The SMILES string of the molecule is CCNC(=NCC1CC1)NCCc1cccs1.I. The monoisotopic (exact) mass is 379 g/mol. The lowest BCUT2D eigenvalue weighted by Crippen LogP contribution is -2.38. The molecule has 1 saturated carbocycles. The van der Waals surface area contributed by atoms with E-state index in [-0.39, 0.29) is 24.0 Å². The molecule has 2 N–H and O–H groups in total. The molecule has 0 bridgehead atoms. The molecule has 0 amide bonds. The van der Waals surface area contributed by atoms with Gasteiger partial charge >= 0.3 is 0 Å². The van der Waals surface area contributed by atoms with E-state index >= 15 is 0 Å². The Bertz CT molecular complexity index is 347. The molecule has 18 heavy (non-hydrogen) atoms. The average Bonchev–Trinajstić information content (AvgIpc) is 3.02. The third-order valence-corrected chi connectivity index (χ3v) is 3.73. The van der Waals surface area contributed by atoms with Crippen molar-refractivity contribution >= 4 is 41.3 Å². The molecular weight excluding hydrogens is 357 g/mol. The van der Waals surface area contributed by atoms with Crippen LogP contribution in [0.5, 0.6) is 0 Å². The maximum absolute atomic E-state index is 4.59. The number of halogens is 1. The van der Waals surface area contributed by atoms with Crippen molar-refractivity contribution in [1.29, 1.82) is 0 Å². The van der Waals surface area contributed by atoms with Crippen LogP contribution >= 0.6 is 35.3 Å². The molecule has 1 aliphatic rings. The molecule has 5 heteroatoms. The zero-order valence-corrected chi connectivity index (χ0v) is 14.0. The van der Waals surface area contributed by atoms with E-state index in [0.29, 0.717) is 0 Å². The van der Waals surface area contributed by atoms with E-state index in [4.69, 9.17) is 0 Å². The van der Waals surface area contributed by atoms with Crippen molar-refractivity contribution in [3.8, 4) is 0 Å². The summed E-state index contributed by atoms with van der Waals surface area (Å²) in [6, 6.07) is 4.28. The van der Waals surface area contributed by atoms with Crippen molar-refractivity contribution in [3.63, 3.8) is 0 Å². The lowest BCUT2D eigenvalue weighted by atomic mass is 10.3. The molecule has 0 aliphatic heterocycles. The Morgan fingerprint density at radius 3 is 2.89 bits per heavy atom. The summed E-state index contributed by atoms with van der Waals surface area (Å²) in [6.07, 6.45) is 3.79. The van der Waals surface area contributed by atoms with Gasteiger partial charge in [0.25, 0.3) is 0 Å². The predicted octanol–water partition coefficient (Wildman–Crippen LogP) is 2.87. The Labute approximate surface area is 130 Å². The first-order valence-electron chi connectivity index (χ1n) is 6.43. The Morgan fingerprint density at radius 2 is 2.28 bits per heavy atom. The average molecular weight is 379 g/mol. The number of hydrogen-bond acceptors (Lipinski definition) is 2. The molecule has 1 aromatic heterocycles. The summed E-state index contributed by atoms with van der Waals surface area (Å²) in [6.45, 7) is 4.97. The van der Waals surface area contributed by atoms with Crippen LogP contribution in [0, 0.1) is 5.92 Å². The fourth-order valence-corrected chi connectivity index (χ4v) is 2.33. The van der Waals surface area contributed by atoms with Gasteiger partial charge in [-0.2, -0.15) is 0 Å². The molecule has 3 nitrogen and oxygen atoms in total. The van der Waals surface area contributed by atoms with Crippen LogP contribution in [0.25, 0.3) is 0 Å². The van der Waals surface area contributed by atoms with Gasteiger partial charge in [0.05, 0.1) is 0 Å². The minimum atomic E-state index is 0. The highest BCUT2D eigenvalue weighted by Crippen LogP contribution is 2.28. The Balaban J connectivity index is 0.00000162. The second-order valence-corrected chi connectivity index (χ2v) is 5.45. The molecule has 1 heterocycles. The molecule has 0 unspecified atom stereocenters. The van der Waals surface area contributed by atoms with E-state index in [1.54, 1.807) is 0 Å². The minimum Gasteiger partial charge on any atom is -0.357 e. The second-order valence-electron chi connectivity index (χ2n) is 4.42. The van der Waals surface area contributed by atoms with Crippen molar-refractivity contribution < 1.29 is 0 Å². The maximum Gasteiger partial charge on any atom is 0.191 e. The molecular formula is C13H22IN3S. The van der Waals surface area contributed by atoms with Crippen LogP contribution in [0.1, 0.15) is 24.6 Å². The summed E-state index contributed by atoms with van der Waals surface area (Å²) in [5.74, 6) is 1.82. The smallest absolute Gasteiger partial charge is 0.191 e. The fourth-order valence-electron chi connectivity index (χ4n) is 1.62. The molecule has 0 saturated heterocycles. The van der Waals surface area contributed by atoms with Crippen molar-refractivity contribution in [2.24, 2.45) is 10.9 Å². The zero-order chi connectivity index (χ0) is 11.9. The van der Waals surface area contributed by atoms with Gasteiger partial charge in [0.1, 0.15) is 0 Å². The summed E-state index contributed by atoms with van der Waals surface area (Å²) in [7, 11) is 0. The number of nitrogens with zero attached hydrogens (tertiary/aromatic N) is 1. The number of aliphatic imine (C=N–C) groups is 1. The van der Waals surface area contributed by atoms with E-state index in [2.05, 4.69) is 40.1 Å². The van der Waals surface area contributed by atoms with Gasteiger partial charge in [0.15, 0.2) is 5.96 Å². The summed E-state index contributed by atoms with van der Waals surface area (Å²) in [5, 5.41) is 8.80. The van der Waals surface area contributed by atoms with E-state index in [9.17, 15) is 0 Å². The van der Waals surface area contributed by atoms with Crippen LogP contribution < -0.4 is 10.6 Å². The van der Waals surface area contributed by atoms with Gasteiger partial charge in [-0.15, -0.1) is 35.3 Å². The van der Waals surface area contributed by atoms with Crippen molar-refractivity contribution in [3.05, 3.63) is 22.4 Å². The highest BCUT2D eigenvalue weighted by Gasteiger charge is 2.20. The molecule has 102 valence electrons. The lowest BCUT2D eigenvalue weighted by Gasteiger charge is -2.10. The normalized spacial score (nSPS) is 15.1. The van der Waals surface area contributed by atoms with Gasteiger partial charge < -0.3 is 10.6 Å². The number of hydrogen-bond donors (Lipinski definition) is 2. The quantitative estimate of drug-likeness (QED) is 0.453. The molecule has 1 aromatic rings. The Kier molecular flexibility index (Phi) is 7.65. The first kappa shape index (κ1) is 15.8. The number of rotatable bonds is 6. The molecule has 0 atom stereocenters. The van der Waals surface area contributed by atoms with E-state index in [1.165, 1.54) is 17.7 Å². The molecule has 1 fully saturated rings. The van der Waals surface area contributed by atoms with Gasteiger partial charge in [0, 0.05) is 24.5 Å². The number of guanidine groups is 1.